The second-order valence-electron chi connectivity index (χ2n) is 13.1. The Labute approximate surface area is 263 Å². The number of hydrogen-bond acceptors (Lipinski definition) is 8. The number of piperazine rings is 1. The van der Waals surface area contributed by atoms with Crippen molar-refractivity contribution in [2.24, 2.45) is 17.8 Å². The second-order valence-corrected chi connectivity index (χ2v) is 13.5. The molecule has 3 atom stereocenters. The SMILES string of the molecule is C[C@@H]1CN(C(=O)C2CC2(F)F)C[C@@H](C)N1c1nc2cc(-c3noc(=O)[nH]3)nc(-c3cncc(Cl)c3)c2n1C[C@H]1CC[C@H](C)CC1. The quantitative estimate of drug-likeness (QED) is 0.297. The molecule has 0 aromatic carbocycles. The smallest absolute Gasteiger partial charge is 0.338 e. The Kier molecular flexibility index (Phi) is 7.41. The number of pyridine rings is 2. The van der Waals surface area contributed by atoms with E-state index in [0.29, 0.717) is 59.0 Å². The fourth-order valence-corrected chi connectivity index (χ4v) is 7.26. The number of anilines is 1. The van der Waals surface area contributed by atoms with Crippen molar-refractivity contribution in [3.05, 3.63) is 40.1 Å². The first-order chi connectivity index (χ1) is 21.5. The van der Waals surface area contributed by atoms with Gasteiger partial charge in [0.2, 0.25) is 17.7 Å². The Morgan fingerprint density at radius 1 is 1.09 bits per heavy atom. The van der Waals surface area contributed by atoms with Crippen LogP contribution in [0, 0.1) is 17.8 Å². The summed E-state index contributed by atoms with van der Waals surface area (Å²) in [6.07, 6.45) is 7.34. The molecule has 1 unspecified atom stereocenters. The molecule has 2 aliphatic carbocycles. The fourth-order valence-electron chi connectivity index (χ4n) is 7.09. The molecule has 3 aliphatic rings. The van der Waals surface area contributed by atoms with Gasteiger partial charge in [-0.15, -0.1) is 0 Å². The first-order valence-electron chi connectivity index (χ1n) is 15.5. The van der Waals surface area contributed by atoms with Crippen molar-refractivity contribution >= 4 is 34.5 Å². The molecule has 4 aromatic rings. The van der Waals surface area contributed by atoms with Crippen LogP contribution in [0.1, 0.15) is 52.9 Å². The highest BCUT2D eigenvalue weighted by Crippen LogP contribution is 2.50. The van der Waals surface area contributed by atoms with Crippen LogP contribution >= 0.6 is 11.6 Å². The van der Waals surface area contributed by atoms with Gasteiger partial charge >= 0.3 is 5.76 Å². The molecule has 7 rings (SSSR count). The van der Waals surface area contributed by atoms with Crippen LogP contribution in [-0.4, -0.2) is 71.6 Å². The topological polar surface area (TPSA) is 126 Å². The number of aromatic nitrogens is 6. The van der Waals surface area contributed by atoms with E-state index in [9.17, 15) is 18.4 Å². The van der Waals surface area contributed by atoms with Crippen LogP contribution in [-0.2, 0) is 11.3 Å². The van der Waals surface area contributed by atoms with E-state index in [2.05, 4.69) is 31.5 Å². The van der Waals surface area contributed by atoms with Gasteiger partial charge in [0.05, 0.1) is 21.7 Å². The second kappa shape index (κ2) is 11.2. The molecule has 5 heterocycles. The first kappa shape index (κ1) is 29.8. The number of carbonyl (C=O) groups excluding carboxylic acids is 1. The van der Waals surface area contributed by atoms with E-state index >= 15 is 0 Å². The van der Waals surface area contributed by atoms with Gasteiger partial charge in [-0.3, -0.25) is 19.3 Å². The monoisotopic (exact) mass is 640 g/mol. The lowest BCUT2D eigenvalue weighted by Crippen LogP contribution is -2.59. The number of fused-ring (bicyclic) bond motifs is 1. The highest BCUT2D eigenvalue weighted by Gasteiger charge is 2.62. The molecular weight excluding hydrogens is 606 g/mol. The number of halogens is 3. The molecule has 0 bridgehead atoms. The lowest BCUT2D eigenvalue weighted by Gasteiger charge is -2.45. The Morgan fingerprint density at radius 2 is 1.80 bits per heavy atom. The summed E-state index contributed by atoms with van der Waals surface area (Å²) >= 11 is 6.39. The van der Waals surface area contributed by atoms with Crippen molar-refractivity contribution < 1.29 is 18.1 Å². The standard InChI is InChI=1S/C31H35ClF2N8O3/c1-16-4-6-19(7-5-16)15-41-26-23(9-24(27-38-30(44)45-39-27)36-25(26)20-8-21(32)12-35-11-20)37-29(41)42-17(2)13-40(14-18(42)3)28(43)22-10-31(22,33)34/h8-9,11-12,16-19,22H,4-7,10,13-15H2,1-3H3,(H,38,39,44)/t16-,17-,18-,19-,22?/m1/s1. The van der Waals surface area contributed by atoms with Gasteiger partial charge in [0.1, 0.15) is 11.6 Å². The summed E-state index contributed by atoms with van der Waals surface area (Å²) in [5, 5.41) is 4.30. The van der Waals surface area contributed by atoms with E-state index in [0.717, 1.165) is 37.1 Å². The van der Waals surface area contributed by atoms with Gasteiger partial charge in [-0.05, 0) is 50.7 Å². The minimum Gasteiger partial charge on any atom is -0.338 e. The minimum absolute atomic E-state index is 0.168. The molecule has 14 heteroatoms. The van der Waals surface area contributed by atoms with E-state index in [1.54, 1.807) is 29.4 Å². The van der Waals surface area contributed by atoms with Gasteiger partial charge in [0.15, 0.2) is 0 Å². The largest absolute Gasteiger partial charge is 0.439 e. The normalized spacial score (nSPS) is 26.4. The highest BCUT2D eigenvalue weighted by molar-refractivity contribution is 6.30. The number of amides is 1. The van der Waals surface area contributed by atoms with E-state index in [-0.39, 0.29) is 24.3 Å². The lowest BCUT2D eigenvalue weighted by molar-refractivity contribution is -0.136. The number of nitrogens with one attached hydrogen (secondary N) is 1. The molecule has 45 heavy (non-hydrogen) atoms. The highest BCUT2D eigenvalue weighted by atomic mass is 35.5. The molecule has 3 fully saturated rings. The summed E-state index contributed by atoms with van der Waals surface area (Å²) in [5.41, 5.74) is 3.04. The number of H-pyrrole nitrogens is 1. The number of carbonyl (C=O) groups is 1. The van der Waals surface area contributed by atoms with Crippen molar-refractivity contribution in [3.63, 3.8) is 0 Å². The molecule has 4 aromatic heterocycles. The Morgan fingerprint density at radius 3 is 2.42 bits per heavy atom. The van der Waals surface area contributed by atoms with Crippen molar-refractivity contribution in [2.75, 3.05) is 18.0 Å². The van der Waals surface area contributed by atoms with Crippen molar-refractivity contribution in [3.8, 4) is 22.8 Å². The molecule has 0 spiro atoms. The molecule has 1 N–H and O–H groups in total. The lowest BCUT2D eigenvalue weighted by atomic mass is 9.83. The summed E-state index contributed by atoms with van der Waals surface area (Å²) in [6.45, 7) is 7.62. The third-order valence-corrected chi connectivity index (χ3v) is 9.73. The molecule has 2 saturated carbocycles. The van der Waals surface area contributed by atoms with Crippen LogP contribution in [0.15, 0.2) is 33.8 Å². The summed E-state index contributed by atoms with van der Waals surface area (Å²) in [7, 11) is 0. The number of aromatic amines is 1. The molecule has 1 saturated heterocycles. The number of hydrogen-bond donors (Lipinski definition) is 1. The summed E-state index contributed by atoms with van der Waals surface area (Å²) in [5.74, 6) is -3.31. The van der Waals surface area contributed by atoms with Gasteiger partial charge in [0.25, 0.3) is 5.92 Å². The van der Waals surface area contributed by atoms with E-state index in [1.165, 1.54) is 0 Å². The average Bonchev–Trinajstić information content (AvgIpc) is 3.26. The summed E-state index contributed by atoms with van der Waals surface area (Å²) < 4.78 is 34.6. The van der Waals surface area contributed by atoms with Crippen LogP contribution in [0.25, 0.3) is 33.8 Å². The van der Waals surface area contributed by atoms with Crippen molar-refractivity contribution in [1.82, 2.24) is 34.6 Å². The maximum absolute atomic E-state index is 13.8. The Hall–Kier alpha value is -3.87. The van der Waals surface area contributed by atoms with Crippen LogP contribution < -0.4 is 10.7 Å². The molecular formula is C31H35ClF2N8O3. The maximum Gasteiger partial charge on any atom is 0.439 e. The Bertz CT molecular complexity index is 1800. The van der Waals surface area contributed by atoms with E-state index < -0.39 is 23.5 Å². The van der Waals surface area contributed by atoms with Gasteiger partial charge in [-0.25, -0.2) is 23.5 Å². The minimum atomic E-state index is -2.91. The third kappa shape index (κ3) is 5.59. The number of rotatable bonds is 6. The van der Waals surface area contributed by atoms with Gasteiger partial charge < -0.3 is 14.4 Å². The van der Waals surface area contributed by atoms with Gasteiger partial charge in [-0.2, -0.15) is 0 Å². The molecule has 0 radical (unpaired) electrons. The zero-order valence-corrected chi connectivity index (χ0v) is 26.1. The molecule has 238 valence electrons. The summed E-state index contributed by atoms with van der Waals surface area (Å²) in [6, 6.07) is 3.18. The third-order valence-electron chi connectivity index (χ3n) is 9.53. The number of imidazole rings is 1. The van der Waals surface area contributed by atoms with Crippen LogP contribution in [0.2, 0.25) is 5.02 Å². The number of alkyl halides is 2. The first-order valence-corrected chi connectivity index (χ1v) is 15.9. The van der Waals surface area contributed by atoms with E-state index in [4.69, 9.17) is 26.1 Å². The predicted molar refractivity (Wildman–Crippen MR) is 164 cm³/mol. The average molecular weight is 641 g/mol. The zero-order valence-electron chi connectivity index (χ0n) is 25.3. The van der Waals surface area contributed by atoms with Crippen LogP contribution in [0.4, 0.5) is 14.7 Å². The van der Waals surface area contributed by atoms with Gasteiger partial charge in [-0.1, -0.05) is 36.5 Å². The fraction of sp³-hybridized carbons (Fsp3) is 0.548. The molecule has 11 nitrogen and oxygen atoms in total. The van der Waals surface area contributed by atoms with Gasteiger partial charge in [0, 0.05) is 56.1 Å². The van der Waals surface area contributed by atoms with Crippen LogP contribution in [0.5, 0.6) is 0 Å². The van der Waals surface area contributed by atoms with E-state index in [1.807, 2.05) is 13.8 Å². The van der Waals surface area contributed by atoms with Crippen molar-refractivity contribution in [2.45, 2.75) is 77.4 Å². The Balaban J connectivity index is 1.36. The zero-order chi connectivity index (χ0) is 31.6. The predicted octanol–water partition coefficient (Wildman–Crippen LogP) is 5.40. The summed E-state index contributed by atoms with van der Waals surface area (Å²) in [4.78, 5) is 45.6. The van der Waals surface area contributed by atoms with Crippen molar-refractivity contribution in [1.29, 1.82) is 0 Å². The number of nitrogens with zero attached hydrogens (tertiary/aromatic N) is 7. The van der Waals surface area contributed by atoms with Crippen LogP contribution in [0.3, 0.4) is 0 Å². The maximum atomic E-state index is 13.8. The molecule has 1 amide bonds. The molecule has 1 aliphatic heterocycles.